The van der Waals surface area contributed by atoms with Crippen LogP contribution in [0.4, 0.5) is 5.69 Å². The number of hydrogen-bond donors (Lipinski definition) is 3. The maximum Gasteiger partial charge on any atom is 0.208 e. The molecule has 0 bridgehead atoms. The van der Waals surface area contributed by atoms with Gasteiger partial charge in [0.2, 0.25) is 10.0 Å². The zero-order valence-electron chi connectivity index (χ0n) is 9.32. The molecule has 0 aliphatic rings. The van der Waals surface area contributed by atoms with E-state index in [4.69, 9.17) is 5.73 Å². The SMILES string of the molecule is Cc1c(O)cc(N)cc1CCNS(C)(=O)=O. The van der Waals surface area contributed by atoms with Crippen molar-refractivity contribution in [3.8, 4) is 5.75 Å². The van der Waals surface area contributed by atoms with Gasteiger partial charge in [0.1, 0.15) is 5.75 Å². The summed E-state index contributed by atoms with van der Waals surface area (Å²) < 4.78 is 24.1. The molecule has 16 heavy (non-hydrogen) atoms. The fraction of sp³-hybridized carbons (Fsp3) is 0.400. The van der Waals surface area contributed by atoms with E-state index in [0.29, 0.717) is 18.7 Å². The Morgan fingerprint density at radius 3 is 2.62 bits per heavy atom. The van der Waals surface area contributed by atoms with Crippen LogP contribution in [0.15, 0.2) is 12.1 Å². The van der Waals surface area contributed by atoms with Crippen LogP contribution in [0.25, 0.3) is 0 Å². The number of benzene rings is 1. The van der Waals surface area contributed by atoms with Crippen molar-refractivity contribution in [3.05, 3.63) is 23.3 Å². The van der Waals surface area contributed by atoms with Crippen molar-refractivity contribution in [2.24, 2.45) is 0 Å². The number of hydrogen-bond acceptors (Lipinski definition) is 4. The number of phenols is 1. The lowest BCUT2D eigenvalue weighted by Crippen LogP contribution is -2.24. The zero-order valence-corrected chi connectivity index (χ0v) is 10.1. The van der Waals surface area contributed by atoms with E-state index >= 15 is 0 Å². The van der Waals surface area contributed by atoms with E-state index in [2.05, 4.69) is 4.72 Å². The average molecular weight is 244 g/mol. The molecule has 0 saturated carbocycles. The van der Waals surface area contributed by atoms with E-state index in [1.165, 1.54) is 6.07 Å². The quantitative estimate of drug-likeness (QED) is 0.667. The molecule has 0 aliphatic heterocycles. The minimum absolute atomic E-state index is 0.134. The molecule has 5 nitrogen and oxygen atoms in total. The van der Waals surface area contributed by atoms with Gasteiger partial charge in [-0.2, -0.15) is 0 Å². The van der Waals surface area contributed by atoms with Crippen LogP contribution in [-0.4, -0.2) is 26.3 Å². The van der Waals surface area contributed by atoms with Gasteiger partial charge in [0.25, 0.3) is 0 Å². The summed E-state index contributed by atoms with van der Waals surface area (Å²) in [7, 11) is -3.17. The largest absolute Gasteiger partial charge is 0.508 e. The molecular formula is C10H16N2O3S. The van der Waals surface area contributed by atoms with Crippen LogP contribution in [0, 0.1) is 6.92 Å². The van der Waals surface area contributed by atoms with Crippen LogP contribution in [0.2, 0.25) is 0 Å². The van der Waals surface area contributed by atoms with Gasteiger partial charge in [0.15, 0.2) is 0 Å². The Hall–Kier alpha value is -1.27. The van der Waals surface area contributed by atoms with E-state index in [1.54, 1.807) is 13.0 Å². The molecule has 0 amide bonds. The zero-order chi connectivity index (χ0) is 12.3. The second kappa shape index (κ2) is 4.71. The van der Waals surface area contributed by atoms with Gasteiger partial charge in [0.05, 0.1) is 6.26 Å². The third kappa shape index (κ3) is 3.71. The molecule has 0 atom stereocenters. The van der Waals surface area contributed by atoms with Crippen LogP contribution in [-0.2, 0) is 16.4 Å². The molecule has 90 valence electrons. The second-order valence-corrected chi connectivity index (χ2v) is 5.57. The topological polar surface area (TPSA) is 92.4 Å². The fourth-order valence-corrected chi connectivity index (χ4v) is 1.89. The molecule has 0 unspecified atom stereocenters. The summed E-state index contributed by atoms with van der Waals surface area (Å²) >= 11 is 0. The molecule has 0 aromatic heterocycles. The van der Waals surface area contributed by atoms with Crippen molar-refractivity contribution in [2.75, 3.05) is 18.5 Å². The van der Waals surface area contributed by atoms with Crippen molar-refractivity contribution in [1.29, 1.82) is 0 Å². The molecule has 4 N–H and O–H groups in total. The molecule has 0 spiro atoms. The first kappa shape index (κ1) is 12.8. The Labute approximate surface area is 95.3 Å². The lowest BCUT2D eigenvalue weighted by Gasteiger charge is -2.09. The number of sulfonamides is 1. The van der Waals surface area contributed by atoms with Crippen molar-refractivity contribution < 1.29 is 13.5 Å². The molecule has 1 aromatic rings. The summed E-state index contributed by atoms with van der Waals surface area (Å²) in [6, 6.07) is 3.21. The second-order valence-electron chi connectivity index (χ2n) is 3.74. The number of aromatic hydroxyl groups is 1. The summed E-state index contributed by atoms with van der Waals surface area (Å²) in [5, 5.41) is 9.52. The molecule has 0 aliphatic carbocycles. The summed E-state index contributed by atoms with van der Waals surface area (Å²) in [6.07, 6.45) is 1.61. The van der Waals surface area contributed by atoms with Gasteiger partial charge in [-0.3, -0.25) is 0 Å². The predicted octanol–water partition coefficient (Wildman–Crippen LogP) is 0.375. The van der Waals surface area contributed by atoms with Crippen molar-refractivity contribution >= 4 is 15.7 Å². The predicted molar refractivity (Wildman–Crippen MR) is 63.8 cm³/mol. The van der Waals surface area contributed by atoms with Gasteiger partial charge in [-0.05, 0) is 30.5 Å². The highest BCUT2D eigenvalue weighted by Crippen LogP contribution is 2.24. The monoisotopic (exact) mass is 244 g/mol. The van der Waals surface area contributed by atoms with Crippen molar-refractivity contribution in [2.45, 2.75) is 13.3 Å². The Morgan fingerprint density at radius 1 is 1.44 bits per heavy atom. The number of nitrogen functional groups attached to an aromatic ring is 1. The van der Waals surface area contributed by atoms with Gasteiger partial charge in [-0.1, -0.05) is 0 Å². The first-order valence-electron chi connectivity index (χ1n) is 4.82. The number of nitrogens with two attached hydrogens (primary N) is 1. The maximum atomic E-state index is 10.9. The van der Waals surface area contributed by atoms with Crippen LogP contribution in [0.3, 0.4) is 0 Å². The Bertz CT molecular complexity index is 483. The van der Waals surface area contributed by atoms with Crippen LogP contribution < -0.4 is 10.5 Å². The molecule has 0 fully saturated rings. The molecular weight excluding hydrogens is 228 g/mol. The van der Waals surface area contributed by atoms with Gasteiger partial charge in [-0.25, -0.2) is 13.1 Å². The summed E-state index contributed by atoms with van der Waals surface area (Å²) in [6.45, 7) is 2.06. The maximum absolute atomic E-state index is 10.9. The van der Waals surface area contributed by atoms with E-state index < -0.39 is 10.0 Å². The Morgan fingerprint density at radius 2 is 2.06 bits per heavy atom. The van der Waals surface area contributed by atoms with E-state index in [0.717, 1.165) is 17.4 Å². The van der Waals surface area contributed by atoms with E-state index in [1.807, 2.05) is 0 Å². The first-order chi connectivity index (χ1) is 7.29. The van der Waals surface area contributed by atoms with Crippen LogP contribution >= 0.6 is 0 Å². The molecule has 1 aromatic carbocycles. The highest BCUT2D eigenvalue weighted by Gasteiger charge is 2.06. The molecule has 1 rings (SSSR count). The van der Waals surface area contributed by atoms with Crippen molar-refractivity contribution in [3.63, 3.8) is 0 Å². The fourth-order valence-electron chi connectivity index (χ4n) is 1.41. The highest BCUT2D eigenvalue weighted by molar-refractivity contribution is 7.88. The third-order valence-electron chi connectivity index (χ3n) is 2.27. The molecule has 0 saturated heterocycles. The summed E-state index contributed by atoms with van der Waals surface area (Å²) in [5.41, 5.74) is 7.62. The average Bonchev–Trinajstić information content (AvgIpc) is 2.11. The highest BCUT2D eigenvalue weighted by atomic mass is 32.2. The van der Waals surface area contributed by atoms with E-state index in [9.17, 15) is 13.5 Å². The molecule has 0 heterocycles. The lowest BCUT2D eigenvalue weighted by molar-refractivity contribution is 0.470. The Balaban J connectivity index is 2.75. The van der Waals surface area contributed by atoms with Gasteiger partial charge >= 0.3 is 0 Å². The van der Waals surface area contributed by atoms with Gasteiger partial charge in [0, 0.05) is 18.3 Å². The molecule has 0 radical (unpaired) electrons. The normalized spacial score (nSPS) is 11.6. The van der Waals surface area contributed by atoms with E-state index in [-0.39, 0.29) is 5.75 Å². The summed E-state index contributed by atoms with van der Waals surface area (Å²) in [5.74, 6) is 0.134. The minimum Gasteiger partial charge on any atom is -0.508 e. The van der Waals surface area contributed by atoms with Crippen LogP contribution in [0.1, 0.15) is 11.1 Å². The number of anilines is 1. The number of phenolic OH excluding ortho intramolecular Hbond substituents is 1. The number of nitrogens with one attached hydrogen (secondary N) is 1. The third-order valence-corrected chi connectivity index (χ3v) is 3.00. The van der Waals surface area contributed by atoms with Gasteiger partial charge < -0.3 is 10.8 Å². The van der Waals surface area contributed by atoms with Crippen molar-refractivity contribution in [1.82, 2.24) is 4.72 Å². The first-order valence-corrected chi connectivity index (χ1v) is 6.71. The van der Waals surface area contributed by atoms with Gasteiger partial charge in [-0.15, -0.1) is 0 Å². The number of rotatable bonds is 4. The van der Waals surface area contributed by atoms with Crippen LogP contribution in [0.5, 0.6) is 5.75 Å². The summed E-state index contributed by atoms with van der Waals surface area (Å²) in [4.78, 5) is 0. The molecule has 6 heteroatoms. The Kier molecular flexibility index (Phi) is 3.77. The standard InChI is InChI=1S/C10H16N2O3S/c1-7-8(3-4-12-16(2,14)15)5-9(11)6-10(7)13/h5-6,12-13H,3-4,11H2,1-2H3. The lowest BCUT2D eigenvalue weighted by atomic mass is 10.0. The smallest absolute Gasteiger partial charge is 0.208 e. The minimum atomic E-state index is -3.17.